The summed E-state index contributed by atoms with van der Waals surface area (Å²) < 4.78 is 10.1. The van der Waals surface area contributed by atoms with Crippen molar-refractivity contribution in [3.05, 3.63) is 71.3 Å². The molecule has 2 aromatic rings. The van der Waals surface area contributed by atoms with Crippen LogP contribution in [0.3, 0.4) is 0 Å². The van der Waals surface area contributed by atoms with E-state index in [1.807, 2.05) is 49.4 Å². The molecule has 2 rings (SSSR count). The van der Waals surface area contributed by atoms with Crippen LogP contribution in [0.5, 0.6) is 0 Å². The predicted octanol–water partition coefficient (Wildman–Crippen LogP) is 3.60. The van der Waals surface area contributed by atoms with Gasteiger partial charge in [-0.1, -0.05) is 61.5 Å². The van der Waals surface area contributed by atoms with Gasteiger partial charge in [0.05, 0.1) is 19.6 Å². The first-order valence-electron chi connectivity index (χ1n) is 7.86. The Labute approximate surface area is 142 Å². The number of hydrogen-bond donors (Lipinski definition) is 0. The molecular weight excluding hydrogens is 304 g/mol. The van der Waals surface area contributed by atoms with Gasteiger partial charge in [-0.3, -0.25) is 9.59 Å². The second-order valence-corrected chi connectivity index (χ2v) is 5.66. The van der Waals surface area contributed by atoms with Crippen molar-refractivity contribution in [3.63, 3.8) is 0 Å². The van der Waals surface area contributed by atoms with Gasteiger partial charge in [-0.25, -0.2) is 0 Å². The third-order valence-electron chi connectivity index (χ3n) is 4.19. The van der Waals surface area contributed by atoms with Crippen molar-refractivity contribution in [2.75, 3.05) is 14.2 Å². The van der Waals surface area contributed by atoms with Gasteiger partial charge < -0.3 is 9.47 Å². The molecule has 2 aromatic carbocycles. The lowest BCUT2D eigenvalue weighted by molar-refractivity contribution is -0.143. The molecule has 0 heterocycles. The minimum atomic E-state index is -0.301. The standard InChI is InChI=1S/C20H22O4/c1-14(18(23-2)13-19(21)24-3)15-9-11-17(12-10-15)20(22)16-7-5-4-6-8-16/h4-12,14,18H,13H2,1-3H3. The number of hydrogen-bond acceptors (Lipinski definition) is 4. The van der Waals surface area contributed by atoms with E-state index in [1.54, 1.807) is 19.2 Å². The summed E-state index contributed by atoms with van der Waals surface area (Å²) in [6.07, 6.45) is -0.0769. The van der Waals surface area contributed by atoms with Crippen LogP contribution in [0.2, 0.25) is 0 Å². The molecule has 0 aromatic heterocycles. The van der Waals surface area contributed by atoms with Crippen molar-refractivity contribution >= 4 is 11.8 Å². The van der Waals surface area contributed by atoms with Crippen LogP contribution >= 0.6 is 0 Å². The lowest BCUT2D eigenvalue weighted by Gasteiger charge is -2.22. The number of carbonyl (C=O) groups excluding carboxylic acids is 2. The van der Waals surface area contributed by atoms with Gasteiger partial charge in [0.1, 0.15) is 0 Å². The third-order valence-corrected chi connectivity index (χ3v) is 4.19. The highest BCUT2D eigenvalue weighted by Gasteiger charge is 2.22. The molecule has 0 aliphatic heterocycles. The minimum absolute atomic E-state index is 0.00680. The number of rotatable bonds is 7. The molecule has 0 bridgehead atoms. The molecule has 0 N–H and O–H groups in total. The molecule has 0 aliphatic carbocycles. The zero-order chi connectivity index (χ0) is 17.5. The predicted molar refractivity (Wildman–Crippen MR) is 92.2 cm³/mol. The van der Waals surface area contributed by atoms with Gasteiger partial charge in [0.2, 0.25) is 0 Å². The highest BCUT2D eigenvalue weighted by atomic mass is 16.5. The van der Waals surface area contributed by atoms with Gasteiger partial charge in [0.25, 0.3) is 0 Å². The molecule has 0 amide bonds. The molecule has 4 heteroatoms. The Morgan fingerprint density at radius 2 is 1.50 bits per heavy atom. The van der Waals surface area contributed by atoms with Crippen LogP contribution in [0.1, 0.15) is 40.7 Å². The molecule has 24 heavy (non-hydrogen) atoms. The van der Waals surface area contributed by atoms with Gasteiger partial charge >= 0.3 is 5.97 Å². The van der Waals surface area contributed by atoms with Crippen LogP contribution in [-0.4, -0.2) is 32.1 Å². The molecule has 0 aliphatic rings. The Bertz CT molecular complexity index is 677. The number of carbonyl (C=O) groups is 2. The molecule has 2 unspecified atom stereocenters. The van der Waals surface area contributed by atoms with E-state index in [1.165, 1.54) is 7.11 Å². The topological polar surface area (TPSA) is 52.6 Å². The SMILES string of the molecule is COC(=O)CC(OC)C(C)c1ccc(C(=O)c2ccccc2)cc1. The molecule has 0 saturated carbocycles. The summed E-state index contributed by atoms with van der Waals surface area (Å²) >= 11 is 0. The smallest absolute Gasteiger partial charge is 0.308 e. The van der Waals surface area contributed by atoms with Crippen molar-refractivity contribution in [1.29, 1.82) is 0 Å². The van der Waals surface area contributed by atoms with E-state index in [4.69, 9.17) is 9.47 Å². The molecule has 0 spiro atoms. The molecular formula is C20H22O4. The van der Waals surface area contributed by atoms with Gasteiger partial charge in [-0.05, 0) is 5.56 Å². The zero-order valence-corrected chi connectivity index (χ0v) is 14.2. The summed E-state index contributed by atoms with van der Waals surface area (Å²) in [5, 5.41) is 0. The first-order valence-corrected chi connectivity index (χ1v) is 7.86. The maximum Gasteiger partial charge on any atom is 0.308 e. The second-order valence-electron chi connectivity index (χ2n) is 5.66. The average molecular weight is 326 g/mol. The summed E-state index contributed by atoms with van der Waals surface area (Å²) in [6.45, 7) is 1.99. The normalized spacial score (nSPS) is 13.1. The van der Waals surface area contributed by atoms with Crippen LogP contribution in [0.4, 0.5) is 0 Å². The zero-order valence-electron chi connectivity index (χ0n) is 14.2. The monoisotopic (exact) mass is 326 g/mol. The third kappa shape index (κ3) is 4.30. The first-order chi connectivity index (χ1) is 11.6. The van der Waals surface area contributed by atoms with E-state index in [0.29, 0.717) is 11.1 Å². The van der Waals surface area contributed by atoms with Crippen LogP contribution < -0.4 is 0 Å². The minimum Gasteiger partial charge on any atom is -0.469 e. The Kier molecular flexibility index (Phi) is 6.27. The highest BCUT2D eigenvalue weighted by molar-refractivity contribution is 6.08. The molecule has 126 valence electrons. The quantitative estimate of drug-likeness (QED) is 0.576. The number of ketones is 1. The van der Waals surface area contributed by atoms with Crippen molar-refractivity contribution in [1.82, 2.24) is 0 Å². The lowest BCUT2D eigenvalue weighted by Crippen LogP contribution is -2.23. The van der Waals surface area contributed by atoms with Crippen molar-refractivity contribution in [2.45, 2.75) is 25.4 Å². The van der Waals surface area contributed by atoms with Crippen LogP contribution in [0, 0.1) is 0 Å². The summed E-state index contributed by atoms with van der Waals surface area (Å²) in [5.41, 5.74) is 2.31. The van der Waals surface area contributed by atoms with Gasteiger partial charge in [-0.15, -0.1) is 0 Å². The summed E-state index contributed by atoms with van der Waals surface area (Å²) in [4.78, 5) is 23.9. The van der Waals surface area contributed by atoms with Crippen LogP contribution in [0.15, 0.2) is 54.6 Å². The van der Waals surface area contributed by atoms with E-state index in [9.17, 15) is 9.59 Å². The molecule has 2 atom stereocenters. The molecule has 0 fully saturated rings. The fraction of sp³-hybridized carbons (Fsp3) is 0.300. The largest absolute Gasteiger partial charge is 0.469 e. The van der Waals surface area contributed by atoms with E-state index >= 15 is 0 Å². The van der Waals surface area contributed by atoms with Crippen molar-refractivity contribution in [3.8, 4) is 0 Å². The van der Waals surface area contributed by atoms with E-state index in [2.05, 4.69) is 0 Å². The average Bonchev–Trinajstić information content (AvgIpc) is 2.65. The molecule has 4 nitrogen and oxygen atoms in total. The van der Waals surface area contributed by atoms with E-state index < -0.39 is 0 Å². The fourth-order valence-electron chi connectivity index (χ4n) is 2.62. The van der Waals surface area contributed by atoms with Gasteiger partial charge in [-0.2, -0.15) is 0 Å². The second kappa shape index (κ2) is 8.41. The first kappa shape index (κ1) is 17.9. The fourth-order valence-corrected chi connectivity index (χ4v) is 2.62. The summed E-state index contributed by atoms with van der Waals surface area (Å²) in [5.74, 6) is -0.299. The highest BCUT2D eigenvalue weighted by Crippen LogP contribution is 2.24. The van der Waals surface area contributed by atoms with Crippen LogP contribution in [-0.2, 0) is 14.3 Å². The van der Waals surface area contributed by atoms with Crippen molar-refractivity contribution < 1.29 is 19.1 Å². The molecule has 0 saturated heterocycles. The van der Waals surface area contributed by atoms with E-state index in [-0.39, 0.29) is 30.2 Å². The lowest BCUT2D eigenvalue weighted by atomic mass is 9.91. The Morgan fingerprint density at radius 1 is 0.917 bits per heavy atom. The summed E-state index contributed by atoms with van der Waals surface area (Å²) in [7, 11) is 2.95. The number of ether oxygens (including phenoxy) is 2. The summed E-state index contributed by atoms with van der Waals surface area (Å²) in [6, 6.07) is 16.6. The van der Waals surface area contributed by atoms with Gasteiger partial charge in [0.15, 0.2) is 5.78 Å². The van der Waals surface area contributed by atoms with Gasteiger partial charge in [0, 0.05) is 24.2 Å². The molecule has 0 radical (unpaired) electrons. The Morgan fingerprint density at radius 3 is 2.04 bits per heavy atom. The maximum absolute atomic E-state index is 12.4. The maximum atomic E-state index is 12.4. The Balaban J connectivity index is 2.13. The number of benzene rings is 2. The Hall–Kier alpha value is -2.46. The van der Waals surface area contributed by atoms with E-state index in [0.717, 1.165) is 5.56 Å². The van der Waals surface area contributed by atoms with Crippen molar-refractivity contribution in [2.24, 2.45) is 0 Å². The number of methoxy groups -OCH3 is 2. The van der Waals surface area contributed by atoms with Crippen LogP contribution in [0.25, 0.3) is 0 Å². The number of esters is 1.